The van der Waals surface area contributed by atoms with Gasteiger partial charge in [-0.3, -0.25) is 0 Å². The van der Waals surface area contributed by atoms with E-state index in [1.807, 2.05) is 0 Å². The molecule has 0 radical (unpaired) electrons. The maximum absolute atomic E-state index is 12.8. The molecule has 226 valence electrons. The van der Waals surface area contributed by atoms with E-state index >= 15 is 0 Å². The highest BCUT2D eigenvalue weighted by Crippen LogP contribution is 2.87. The molecule has 13 atom stereocenters. The number of carbonyl (C=O) groups is 1. The zero-order chi connectivity index (χ0) is 28.6. The van der Waals surface area contributed by atoms with Crippen LogP contribution < -0.4 is 5.73 Å². The summed E-state index contributed by atoms with van der Waals surface area (Å²) in [6.07, 6.45) is 7.30. The number of nitrogens with two attached hydrogens (primary N) is 1. The minimum absolute atomic E-state index is 0.0678. The number of likely N-dealkylation sites (tertiary alicyclic amines) is 1. The van der Waals surface area contributed by atoms with Crippen molar-refractivity contribution in [1.29, 1.82) is 0 Å². The number of aliphatic hydroxyl groups is 2. The molecule has 7 heteroatoms. The molecule has 2 heterocycles. The van der Waals surface area contributed by atoms with Gasteiger partial charge < -0.3 is 30.3 Å². The van der Waals surface area contributed by atoms with E-state index in [-0.39, 0.29) is 69.9 Å². The van der Waals surface area contributed by atoms with Gasteiger partial charge >= 0.3 is 6.09 Å². The quantitative estimate of drug-likeness (QED) is 0.463. The molecule has 4 N–H and O–H groups in total. The maximum atomic E-state index is 12.8. The van der Waals surface area contributed by atoms with Gasteiger partial charge in [-0.25, -0.2) is 4.79 Å². The lowest BCUT2D eigenvalue weighted by Gasteiger charge is -2.63. The molecule has 0 aromatic heterocycles. The van der Waals surface area contributed by atoms with Crippen LogP contribution in [0.15, 0.2) is 0 Å². The van der Waals surface area contributed by atoms with Crippen molar-refractivity contribution in [2.24, 2.45) is 57.0 Å². The molecule has 40 heavy (non-hydrogen) atoms. The molecule has 0 aromatic carbocycles. The van der Waals surface area contributed by atoms with Crippen molar-refractivity contribution >= 4 is 6.09 Å². The van der Waals surface area contributed by atoms with E-state index in [1.165, 1.54) is 12.8 Å². The normalized spacial score (nSPS) is 54.7. The van der Waals surface area contributed by atoms with E-state index < -0.39 is 11.6 Å². The van der Waals surface area contributed by atoms with Crippen LogP contribution >= 0.6 is 0 Å². The van der Waals surface area contributed by atoms with Gasteiger partial charge in [-0.05, 0) is 109 Å². The second kappa shape index (κ2) is 8.60. The van der Waals surface area contributed by atoms with Crippen molar-refractivity contribution in [2.45, 2.75) is 135 Å². The summed E-state index contributed by atoms with van der Waals surface area (Å²) in [6, 6.07) is 0. The van der Waals surface area contributed by atoms with Crippen LogP contribution in [-0.4, -0.2) is 70.4 Å². The Labute approximate surface area is 240 Å². The number of nitrogens with zero attached hydrogens (tertiary/aromatic N) is 1. The standard InChI is InChI=1S/C33H54N2O5/c1-18(2)25(40-28(38)35-14-7-15-35)20-16-19(3)24-26(39-20)27(37)33(34)22-9-8-21-29(4,5)23(36)10-11-31(21)17-32(22,31)13-12-30(24,33)6/h18-27,36-37H,7-17,34H2,1-6H3/t19-,20?,21?,22?,23+,24+,25-,26?,27+,30-,31?,32+,33+/m1/s1. The fourth-order valence-electron chi connectivity index (χ4n) is 12.5. The number of fused-ring (bicyclic) bond motifs is 4. The molecule has 5 unspecified atom stereocenters. The lowest BCUT2D eigenvalue weighted by Crippen LogP contribution is -2.70. The summed E-state index contributed by atoms with van der Waals surface area (Å²) in [7, 11) is 0. The number of aliphatic hydroxyl groups excluding tert-OH is 2. The molecule has 7 aliphatic rings. The molecule has 7 rings (SSSR count). The Kier molecular flexibility index (Phi) is 6.00. The van der Waals surface area contributed by atoms with E-state index in [1.54, 1.807) is 4.90 Å². The average molecular weight is 559 g/mol. The van der Waals surface area contributed by atoms with Gasteiger partial charge in [0.25, 0.3) is 0 Å². The first-order chi connectivity index (χ1) is 18.7. The van der Waals surface area contributed by atoms with Crippen molar-refractivity contribution in [3.63, 3.8) is 0 Å². The summed E-state index contributed by atoms with van der Waals surface area (Å²) in [4.78, 5) is 14.6. The highest BCUT2D eigenvalue weighted by Gasteiger charge is 2.85. The number of rotatable bonds is 3. The van der Waals surface area contributed by atoms with Crippen LogP contribution in [0.25, 0.3) is 0 Å². The van der Waals surface area contributed by atoms with Crippen molar-refractivity contribution in [2.75, 3.05) is 13.1 Å². The predicted molar refractivity (Wildman–Crippen MR) is 152 cm³/mol. The van der Waals surface area contributed by atoms with Gasteiger partial charge in [0.05, 0.1) is 30.0 Å². The van der Waals surface area contributed by atoms with Crippen LogP contribution in [0, 0.1) is 51.2 Å². The maximum Gasteiger partial charge on any atom is 0.410 e. The first kappa shape index (κ1) is 27.9. The Balaban J connectivity index is 1.18. The van der Waals surface area contributed by atoms with E-state index in [0.29, 0.717) is 11.8 Å². The monoisotopic (exact) mass is 558 g/mol. The molecule has 2 saturated heterocycles. The Morgan fingerprint density at radius 3 is 2.35 bits per heavy atom. The van der Waals surface area contributed by atoms with E-state index in [0.717, 1.165) is 58.0 Å². The van der Waals surface area contributed by atoms with Gasteiger partial charge in [-0.1, -0.05) is 41.5 Å². The minimum atomic E-state index is -0.731. The molecule has 5 saturated carbocycles. The molecule has 0 aromatic rings. The van der Waals surface area contributed by atoms with E-state index in [9.17, 15) is 15.0 Å². The van der Waals surface area contributed by atoms with Crippen LogP contribution in [0.2, 0.25) is 0 Å². The zero-order valence-electron chi connectivity index (χ0n) is 25.7. The third kappa shape index (κ3) is 3.19. The van der Waals surface area contributed by atoms with E-state index in [2.05, 4.69) is 41.5 Å². The molecule has 7 nitrogen and oxygen atoms in total. The van der Waals surface area contributed by atoms with E-state index in [4.69, 9.17) is 15.2 Å². The smallest absolute Gasteiger partial charge is 0.410 e. The Morgan fingerprint density at radius 1 is 1.02 bits per heavy atom. The summed E-state index contributed by atoms with van der Waals surface area (Å²) in [5, 5.41) is 23.3. The summed E-state index contributed by atoms with van der Waals surface area (Å²) in [5.74, 6) is 1.44. The Hall–Kier alpha value is -0.890. The topological polar surface area (TPSA) is 105 Å². The second-order valence-electron chi connectivity index (χ2n) is 16.7. The van der Waals surface area contributed by atoms with Crippen LogP contribution in [0.1, 0.15) is 99.3 Å². The van der Waals surface area contributed by atoms with Crippen molar-refractivity contribution in [1.82, 2.24) is 4.90 Å². The number of amides is 1. The predicted octanol–water partition coefficient (Wildman–Crippen LogP) is 4.72. The summed E-state index contributed by atoms with van der Waals surface area (Å²) in [5.41, 5.74) is 7.20. The summed E-state index contributed by atoms with van der Waals surface area (Å²) >= 11 is 0. The molecule has 2 spiro atoms. The lowest BCUT2D eigenvalue weighted by molar-refractivity contribution is -0.180. The molecular formula is C33H54N2O5. The largest absolute Gasteiger partial charge is 0.443 e. The number of carbonyl (C=O) groups excluding carboxylic acids is 1. The zero-order valence-corrected chi connectivity index (χ0v) is 25.7. The molecule has 7 fully saturated rings. The first-order valence-corrected chi connectivity index (χ1v) is 16.5. The number of hydrogen-bond acceptors (Lipinski definition) is 6. The lowest BCUT2D eigenvalue weighted by atomic mass is 9.43. The van der Waals surface area contributed by atoms with Gasteiger partial charge in [0, 0.05) is 13.1 Å². The fraction of sp³-hybridized carbons (Fsp3) is 0.970. The molecule has 1 amide bonds. The third-order valence-corrected chi connectivity index (χ3v) is 14.7. The summed E-state index contributed by atoms with van der Waals surface area (Å²) in [6.45, 7) is 15.0. The van der Waals surface area contributed by atoms with Gasteiger partial charge in [0.1, 0.15) is 6.10 Å². The molecule has 0 bridgehead atoms. The highest BCUT2D eigenvalue weighted by molar-refractivity contribution is 5.68. The first-order valence-electron chi connectivity index (χ1n) is 16.5. The summed E-state index contributed by atoms with van der Waals surface area (Å²) < 4.78 is 13.0. The average Bonchev–Trinajstić information content (AvgIpc) is 3.48. The Morgan fingerprint density at radius 2 is 1.70 bits per heavy atom. The van der Waals surface area contributed by atoms with Crippen LogP contribution in [0.5, 0.6) is 0 Å². The third-order valence-electron chi connectivity index (χ3n) is 14.7. The second-order valence-corrected chi connectivity index (χ2v) is 16.7. The van der Waals surface area contributed by atoms with Gasteiger partial charge in [-0.15, -0.1) is 0 Å². The Bertz CT molecular complexity index is 1060. The van der Waals surface area contributed by atoms with Crippen LogP contribution in [-0.2, 0) is 9.47 Å². The fourth-order valence-corrected chi connectivity index (χ4v) is 12.5. The van der Waals surface area contributed by atoms with Gasteiger partial charge in [0.15, 0.2) is 0 Å². The van der Waals surface area contributed by atoms with Crippen LogP contribution in [0.3, 0.4) is 0 Å². The van der Waals surface area contributed by atoms with Gasteiger partial charge in [0.2, 0.25) is 0 Å². The highest BCUT2D eigenvalue weighted by atomic mass is 16.6. The van der Waals surface area contributed by atoms with Crippen molar-refractivity contribution in [3.8, 4) is 0 Å². The molecular weight excluding hydrogens is 504 g/mol. The van der Waals surface area contributed by atoms with Crippen molar-refractivity contribution < 1.29 is 24.5 Å². The molecule has 5 aliphatic carbocycles. The van der Waals surface area contributed by atoms with Crippen molar-refractivity contribution in [3.05, 3.63) is 0 Å². The molecule has 2 aliphatic heterocycles. The number of hydrogen-bond donors (Lipinski definition) is 3. The number of ether oxygens (including phenoxy) is 2. The SMILES string of the molecule is CC(C)[C@@H](OC(=O)N1CCC1)C1C[C@@H](C)[C@H]2C(O1)[C@H](O)[C@@]1(N)C3CCC4C(C)(C)[C@@H](O)CCC45C[C@@]35CC[C@]21C. The minimum Gasteiger partial charge on any atom is -0.443 e. The van der Waals surface area contributed by atoms with Crippen LogP contribution in [0.4, 0.5) is 4.79 Å². The van der Waals surface area contributed by atoms with Gasteiger partial charge in [-0.2, -0.15) is 0 Å².